The van der Waals surface area contributed by atoms with Crippen LogP contribution in [-0.4, -0.2) is 34.5 Å². The van der Waals surface area contributed by atoms with Crippen molar-refractivity contribution in [2.24, 2.45) is 0 Å². The van der Waals surface area contributed by atoms with Crippen molar-refractivity contribution in [3.63, 3.8) is 0 Å². The first-order chi connectivity index (χ1) is 6.99. The number of carbonyl (C=O) groups is 2. The number of rotatable bonds is 7. The first-order valence-corrected chi connectivity index (χ1v) is 5.11. The van der Waals surface area contributed by atoms with Crippen LogP contribution in [0, 0.1) is 0 Å². The number of carboxylic acid groups (broad SMARTS) is 1. The molecule has 4 heteroatoms. The fraction of sp³-hybridized carbons (Fsp3) is 0.636. The Morgan fingerprint density at radius 2 is 2.00 bits per heavy atom. The zero-order valence-corrected chi connectivity index (χ0v) is 9.40. The standard InChI is InChI=1S/C11H19NO3/c1-4-5-6-10(13)12(9(2)3)8-7-11(14)15/h4,9H,1,5-8H2,2-3H3,(H,14,15). The van der Waals surface area contributed by atoms with Crippen molar-refractivity contribution in [3.05, 3.63) is 12.7 Å². The fourth-order valence-electron chi connectivity index (χ4n) is 1.26. The predicted octanol–water partition coefficient (Wildman–Crippen LogP) is 1.66. The number of nitrogens with zero attached hydrogens (tertiary/aromatic N) is 1. The smallest absolute Gasteiger partial charge is 0.305 e. The number of carboxylic acids is 1. The van der Waals surface area contributed by atoms with Gasteiger partial charge in [-0.25, -0.2) is 0 Å². The Morgan fingerprint density at radius 3 is 2.40 bits per heavy atom. The van der Waals surface area contributed by atoms with Gasteiger partial charge in [0.15, 0.2) is 0 Å². The molecule has 1 amide bonds. The minimum atomic E-state index is -0.878. The lowest BCUT2D eigenvalue weighted by Gasteiger charge is -2.26. The molecule has 0 aromatic carbocycles. The van der Waals surface area contributed by atoms with Gasteiger partial charge >= 0.3 is 5.97 Å². The van der Waals surface area contributed by atoms with Gasteiger partial charge in [-0.2, -0.15) is 0 Å². The summed E-state index contributed by atoms with van der Waals surface area (Å²) >= 11 is 0. The molecule has 0 heterocycles. The molecule has 0 saturated heterocycles. The third kappa shape index (κ3) is 5.88. The maximum Gasteiger partial charge on any atom is 0.305 e. The second kappa shape index (κ2) is 7.04. The third-order valence-electron chi connectivity index (χ3n) is 2.07. The highest BCUT2D eigenvalue weighted by molar-refractivity contribution is 5.77. The van der Waals surface area contributed by atoms with E-state index < -0.39 is 5.97 Å². The van der Waals surface area contributed by atoms with Crippen LogP contribution in [-0.2, 0) is 9.59 Å². The zero-order chi connectivity index (χ0) is 11.8. The van der Waals surface area contributed by atoms with Crippen LogP contribution in [0.3, 0.4) is 0 Å². The van der Waals surface area contributed by atoms with E-state index in [9.17, 15) is 9.59 Å². The summed E-state index contributed by atoms with van der Waals surface area (Å²) in [7, 11) is 0. The number of aliphatic carboxylic acids is 1. The molecule has 0 unspecified atom stereocenters. The fourth-order valence-corrected chi connectivity index (χ4v) is 1.26. The van der Waals surface area contributed by atoms with Crippen LogP contribution in [0.1, 0.15) is 33.1 Å². The summed E-state index contributed by atoms with van der Waals surface area (Å²) in [6.45, 7) is 7.59. The second-order valence-electron chi connectivity index (χ2n) is 3.65. The second-order valence-corrected chi connectivity index (χ2v) is 3.65. The van der Waals surface area contributed by atoms with Crippen LogP contribution in [0.25, 0.3) is 0 Å². The molecule has 0 rings (SSSR count). The Morgan fingerprint density at radius 1 is 1.40 bits per heavy atom. The highest BCUT2D eigenvalue weighted by Crippen LogP contribution is 2.05. The average molecular weight is 213 g/mol. The van der Waals surface area contributed by atoms with Crippen molar-refractivity contribution in [1.29, 1.82) is 0 Å². The Bertz CT molecular complexity index is 236. The Balaban J connectivity index is 4.18. The Kier molecular flexibility index (Phi) is 6.42. The molecule has 1 N–H and O–H groups in total. The summed E-state index contributed by atoms with van der Waals surface area (Å²) in [5.74, 6) is -0.886. The Labute approximate surface area is 90.6 Å². The van der Waals surface area contributed by atoms with Gasteiger partial charge in [0.05, 0.1) is 6.42 Å². The maximum atomic E-state index is 11.6. The van der Waals surface area contributed by atoms with Crippen molar-refractivity contribution in [3.8, 4) is 0 Å². The van der Waals surface area contributed by atoms with E-state index >= 15 is 0 Å². The van der Waals surface area contributed by atoms with E-state index in [2.05, 4.69) is 6.58 Å². The topological polar surface area (TPSA) is 57.6 Å². The summed E-state index contributed by atoms with van der Waals surface area (Å²) in [4.78, 5) is 23.6. The molecule has 0 atom stereocenters. The number of hydrogen-bond donors (Lipinski definition) is 1. The van der Waals surface area contributed by atoms with Crippen LogP contribution in [0.2, 0.25) is 0 Å². The van der Waals surface area contributed by atoms with E-state index in [-0.39, 0.29) is 24.9 Å². The monoisotopic (exact) mass is 213 g/mol. The molecule has 0 aliphatic rings. The molecule has 0 aliphatic carbocycles. The maximum absolute atomic E-state index is 11.6. The molecule has 0 aromatic heterocycles. The van der Waals surface area contributed by atoms with Gasteiger partial charge in [-0.1, -0.05) is 6.08 Å². The summed E-state index contributed by atoms with van der Waals surface area (Å²) in [5, 5.41) is 8.55. The third-order valence-corrected chi connectivity index (χ3v) is 2.07. The minimum Gasteiger partial charge on any atom is -0.481 e. The van der Waals surface area contributed by atoms with Crippen LogP contribution in [0.4, 0.5) is 0 Å². The van der Waals surface area contributed by atoms with Gasteiger partial charge in [0.2, 0.25) is 5.91 Å². The zero-order valence-electron chi connectivity index (χ0n) is 9.40. The van der Waals surface area contributed by atoms with E-state index in [0.717, 1.165) is 0 Å². The molecule has 0 spiro atoms. The summed E-state index contributed by atoms with van der Waals surface area (Å²) in [6.07, 6.45) is 2.72. The van der Waals surface area contributed by atoms with E-state index in [1.54, 1.807) is 11.0 Å². The molecule has 15 heavy (non-hydrogen) atoms. The van der Waals surface area contributed by atoms with Crippen molar-refractivity contribution in [2.75, 3.05) is 6.54 Å². The number of hydrogen-bond acceptors (Lipinski definition) is 2. The summed E-state index contributed by atoms with van der Waals surface area (Å²) < 4.78 is 0. The molecule has 4 nitrogen and oxygen atoms in total. The average Bonchev–Trinajstić information content (AvgIpc) is 2.13. The van der Waals surface area contributed by atoms with Gasteiger partial charge < -0.3 is 10.0 Å². The summed E-state index contributed by atoms with van der Waals surface area (Å²) in [6, 6.07) is 0.0432. The van der Waals surface area contributed by atoms with Gasteiger partial charge in [-0.15, -0.1) is 6.58 Å². The Hall–Kier alpha value is -1.32. The lowest BCUT2D eigenvalue weighted by Crippen LogP contribution is -2.38. The molecule has 0 saturated carbocycles. The summed E-state index contributed by atoms with van der Waals surface area (Å²) in [5.41, 5.74) is 0. The molecule has 86 valence electrons. The molecule has 0 bridgehead atoms. The van der Waals surface area contributed by atoms with Crippen LogP contribution < -0.4 is 0 Å². The molecule has 0 aliphatic heterocycles. The number of amides is 1. The SMILES string of the molecule is C=CCCC(=O)N(CCC(=O)O)C(C)C. The van der Waals surface area contributed by atoms with Gasteiger partial charge in [-0.3, -0.25) is 9.59 Å². The molecular formula is C11H19NO3. The first kappa shape index (κ1) is 13.7. The van der Waals surface area contributed by atoms with Crippen molar-refractivity contribution in [2.45, 2.75) is 39.2 Å². The first-order valence-electron chi connectivity index (χ1n) is 5.11. The van der Waals surface area contributed by atoms with E-state index in [1.807, 2.05) is 13.8 Å². The largest absolute Gasteiger partial charge is 0.481 e. The van der Waals surface area contributed by atoms with Gasteiger partial charge in [-0.05, 0) is 20.3 Å². The normalized spacial score (nSPS) is 10.1. The van der Waals surface area contributed by atoms with E-state index in [0.29, 0.717) is 12.8 Å². The van der Waals surface area contributed by atoms with Crippen molar-refractivity contribution in [1.82, 2.24) is 4.90 Å². The molecule has 0 aromatic rings. The number of allylic oxidation sites excluding steroid dienone is 1. The van der Waals surface area contributed by atoms with Crippen LogP contribution in [0.15, 0.2) is 12.7 Å². The van der Waals surface area contributed by atoms with Crippen molar-refractivity contribution < 1.29 is 14.7 Å². The minimum absolute atomic E-state index is 0.00197. The lowest BCUT2D eigenvalue weighted by molar-refractivity contribution is -0.139. The molecular weight excluding hydrogens is 194 g/mol. The lowest BCUT2D eigenvalue weighted by atomic mass is 10.2. The van der Waals surface area contributed by atoms with E-state index in [4.69, 9.17) is 5.11 Å². The van der Waals surface area contributed by atoms with Crippen molar-refractivity contribution >= 4 is 11.9 Å². The van der Waals surface area contributed by atoms with Gasteiger partial charge in [0.25, 0.3) is 0 Å². The van der Waals surface area contributed by atoms with Crippen LogP contribution in [0.5, 0.6) is 0 Å². The van der Waals surface area contributed by atoms with E-state index in [1.165, 1.54) is 0 Å². The van der Waals surface area contributed by atoms with Crippen LogP contribution >= 0.6 is 0 Å². The van der Waals surface area contributed by atoms with Gasteiger partial charge in [0.1, 0.15) is 0 Å². The highest BCUT2D eigenvalue weighted by Gasteiger charge is 2.16. The quantitative estimate of drug-likeness (QED) is 0.654. The highest BCUT2D eigenvalue weighted by atomic mass is 16.4. The predicted molar refractivity (Wildman–Crippen MR) is 58.5 cm³/mol. The number of carbonyl (C=O) groups excluding carboxylic acids is 1. The molecule has 0 radical (unpaired) electrons. The molecule has 0 fully saturated rings. The van der Waals surface area contributed by atoms with Gasteiger partial charge in [0, 0.05) is 19.0 Å².